The van der Waals surface area contributed by atoms with Crippen molar-refractivity contribution in [2.75, 3.05) is 19.6 Å². The van der Waals surface area contributed by atoms with E-state index in [9.17, 15) is 36.3 Å². The minimum absolute atomic E-state index is 0.00461. The van der Waals surface area contributed by atoms with E-state index in [1.165, 1.54) is 18.0 Å². The number of carbonyl (C=O) groups excluding carboxylic acids is 1. The number of carbonyl (C=O) groups is 2. The van der Waals surface area contributed by atoms with Crippen LogP contribution in [0.2, 0.25) is 0 Å². The summed E-state index contributed by atoms with van der Waals surface area (Å²) in [6.45, 7) is 5.57. The molecule has 0 aliphatic carbocycles. The number of aryl methyl sites for hydroxylation is 1. The van der Waals surface area contributed by atoms with Crippen LogP contribution in [-0.2, 0) is 21.0 Å². The third-order valence-electron chi connectivity index (χ3n) is 5.94. The number of carboxylic acid groups (broad SMARTS) is 1. The number of hydrogen-bond donors (Lipinski definition) is 1. The fourth-order valence-electron chi connectivity index (χ4n) is 3.95. The zero-order chi connectivity index (χ0) is 26.2. The zero-order valence-electron chi connectivity index (χ0n) is 19.0. The Morgan fingerprint density at radius 1 is 1.17 bits per heavy atom. The van der Waals surface area contributed by atoms with Crippen molar-refractivity contribution in [3.63, 3.8) is 0 Å². The second-order valence-corrected chi connectivity index (χ2v) is 10.4. The Morgan fingerprint density at radius 2 is 1.80 bits per heavy atom. The predicted molar refractivity (Wildman–Crippen MR) is 121 cm³/mol. The van der Waals surface area contributed by atoms with Crippen LogP contribution in [0.3, 0.4) is 0 Å². The summed E-state index contributed by atoms with van der Waals surface area (Å²) in [7, 11) is -4.44. The Bertz CT molecular complexity index is 1230. The highest BCUT2D eigenvalue weighted by atomic mass is 32.2. The maximum atomic E-state index is 13.6. The van der Waals surface area contributed by atoms with E-state index in [2.05, 4.69) is 11.6 Å². The van der Waals surface area contributed by atoms with E-state index in [0.717, 1.165) is 34.6 Å². The highest BCUT2D eigenvalue weighted by Gasteiger charge is 2.52. The standard InChI is InChI=1S/C23H24F3N3O5S/c1-4-19(16-7-9-18(10-8-16)23(24,25)26)35(33,34)29-12-11-28(14-22(29,3)21(31)32)20(30)17-6-5-15(2)27-13-17/h4-10,13,19H,1,11-12,14H2,2-3H3,(H,31,32). The number of piperazine rings is 1. The van der Waals surface area contributed by atoms with Crippen LogP contribution in [0.5, 0.6) is 0 Å². The van der Waals surface area contributed by atoms with Gasteiger partial charge in [-0.1, -0.05) is 18.2 Å². The van der Waals surface area contributed by atoms with Gasteiger partial charge in [0, 0.05) is 25.0 Å². The van der Waals surface area contributed by atoms with Gasteiger partial charge in [0.05, 0.1) is 17.7 Å². The zero-order valence-corrected chi connectivity index (χ0v) is 19.8. The van der Waals surface area contributed by atoms with Crippen LogP contribution >= 0.6 is 0 Å². The molecule has 1 aromatic carbocycles. The van der Waals surface area contributed by atoms with Crippen molar-refractivity contribution in [1.29, 1.82) is 0 Å². The Kier molecular flexibility index (Phi) is 7.09. The third-order valence-corrected chi connectivity index (χ3v) is 8.24. The Hall–Kier alpha value is -3.25. The Labute approximate surface area is 200 Å². The highest BCUT2D eigenvalue weighted by Crippen LogP contribution is 2.36. The highest BCUT2D eigenvalue weighted by molar-refractivity contribution is 7.89. The van der Waals surface area contributed by atoms with E-state index in [1.807, 2.05) is 0 Å². The monoisotopic (exact) mass is 511 g/mol. The second-order valence-electron chi connectivity index (χ2n) is 8.39. The average Bonchev–Trinajstić information content (AvgIpc) is 2.79. The van der Waals surface area contributed by atoms with Gasteiger partial charge in [0.2, 0.25) is 10.0 Å². The van der Waals surface area contributed by atoms with Crippen LogP contribution in [0.15, 0.2) is 55.3 Å². The molecule has 8 nitrogen and oxygen atoms in total. The summed E-state index contributed by atoms with van der Waals surface area (Å²) in [5.41, 5.74) is -2.06. The average molecular weight is 512 g/mol. The molecule has 3 rings (SSSR count). The molecule has 1 amide bonds. The van der Waals surface area contributed by atoms with Gasteiger partial charge in [-0.2, -0.15) is 17.5 Å². The van der Waals surface area contributed by atoms with E-state index >= 15 is 0 Å². The lowest BCUT2D eigenvalue weighted by molar-refractivity contribution is -0.149. The quantitative estimate of drug-likeness (QED) is 0.597. The third kappa shape index (κ3) is 5.08. The first kappa shape index (κ1) is 26.4. The Morgan fingerprint density at radius 3 is 2.29 bits per heavy atom. The number of benzene rings is 1. The number of alkyl halides is 3. The van der Waals surface area contributed by atoms with Gasteiger partial charge in [-0.15, -0.1) is 6.58 Å². The van der Waals surface area contributed by atoms with Gasteiger partial charge in [-0.3, -0.25) is 14.6 Å². The van der Waals surface area contributed by atoms with Gasteiger partial charge in [0.1, 0.15) is 10.8 Å². The topological polar surface area (TPSA) is 108 Å². The number of rotatable bonds is 6. The molecule has 1 fully saturated rings. The number of amides is 1. The van der Waals surface area contributed by atoms with Crippen molar-refractivity contribution in [3.05, 3.63) is 77.6 Å². The molecule has 2 unspecified atom stereocenters. The van der Waals surface area contributed by atoms with Gasteiger partial charge in [0.25, 0.3) is 5.91 Å². The Balaban J connectivity index is 1.93. The van der Waals surface area contributed by atoms with Gasteiger partial charge < -0.3 is 10.0 Å². The van der Waals surface area contributed by atoms with Crippen LogP contribution in [0.25, 0.3) is 0 Å². The minimum atomic E-state index is -4.60. The summed E-state index contributed by atoms with van der Waals surface area (Å²) in [5.74, 6) is -1.97. The van der Waals surface area contributed by atoms with Gasteiger partial charge >= 0.3 is 12.1 Å². The van der Waals surface area contributed by atoms with Gasteiger partial charge in [-0.25, -0.2) is 8.42 Å². The van der Waals surface area contributed by atoms with Crippen LogP contribution in [-0.4, -0.2) is 64.8 Å². The summed E-state index contributed by atoms with van der Waals surface area (Å²) < 4.78 is 66.6. The lowest BCUT2D eigenvalue weighted by Crippen LogP contribution is -2.67. The molecule has 0 bridgehead atoms. The van der Waals surface area contributed by atoms with E-state index < -0.39 is 51.0 Å². The lowest BCUT2D eigenvalue weighted by Gasteiger charge is -2.46. The minimum Gasteiger partial charge on any atom is -0.480 e. The molecule has 35 heavy (non-hydrogen) atoms. The van der Waals surface area contributed by atoms with Crippen molar-refractivity contribution in [3.8, 4) is 0 Å². The van der Waals surface area contributed by atoms with Crippen molar-refractivity contribution in [2.24, 2.45) is 0 Å². The van der Waals surface area contributed by atoms with Crippen LogP contribution in [0, 0.1) is 6.92 Å². The molecule has 1 saturated heterocycles. The first-order valence-corrected chi connectivity index (χ1v) is 12.0. The largest absolute Gasteiger partial charge is 0.480 e. The number of aliphatic carboxylic acids is 1. The maximum Gasteiger partial charge on any atom is 0.416 e. The summed E-state index contributed by atoms with van der Waals surface area (Å²) in [6.07, 6.45) is -2.20. The fraction of sp³-hybridized carbons (Fsp3) is 0.348. The van der Waals surface area contributed by atoms with Crippen molar-refractivity contribution >= 4 is 21.9 Å². The molecule has 1 aromatic heterocycles. The van der Waals surface area contributed by atoms with Crippen LogP contribution in [0.1, 0.15) is 39.4 Å². The van der Waals surface area contributed by atoms with Crippen LogP contribution in [0.4, 0.5) is 13.2 Å². The van der Waals surface area contributed by atoms with E-state index in [1.54, 1.807) is 19.1 Å². The number of pyridine rings is 1. The number of sulfonamides is 1. The summed E-state index contributed by atoms with van der Waals surface area (Å²) in [6, 6.07) is 6.73. The molecular formula is C23H24F3N3O5S. The van der Waals surface area contributed by atoms with E-state index in [0.29, 0.717) is 5.69 Å². The van der Waals surface area contributed by atoms with Gasteiger partial charge in [0.15, 0.2) is 0 Å². The van der Waals surface area contributed by atoms with E-state index in [-0.39, 0.29) is 24.2 Å². The summed E-state index contributed by atoms with van der Waals surface area (Å²) in [4.78, 5) is 30.5. The molecule has 2 atom stereocenters. The molecule has 188 valence electrons. The molecular weight excluding hydrogens is 487 g/mol. The van der Waals surface area contributed by atoms with E-state index in [4.69, 9.17) is 0 Å². The summed E-state index contributed by atoms with van der Waals surface area (Å²) in [5, 5.41) is 8.49. The first-order valence-electron chi connectivity index (χ1n) is 10.5. The number of aromatic nitrogens is 1. The molecule has 1 N–H and O–H groups in total. The molecule has 12 heteroatoms. The number of carboxylic acids is 1. The molecule has 1 aliphatic rings. The first-order chi connectivity index (χ1) is 16.2. The number of nitrogens with zero attached hydrogens (tertiary/aromatic N) is 3. The van der Waals surface area contributed by atoms with Crippen molar-refractivity contribution in [2.45, 2.75) is 30.8 Å². The number of hydrogen-bond acceptors (Lipinski definition) is 5. The summed E-state index contributed by atoms with van der Waals surface area (Å²) >= 11 is 0. The molecule has 0 saturated carbocycles. The molecule has 2 heterocycles. The molecule has 2 aromatic rings. The molecule has 0 radical (unpaired) electrons. The predicted octanol–water partition coefficient (Wildman–Crippen LogP) is 3.27. The smallest absolute Gasteiger partial charge is 0.416 e. The second kappa shape index (κ2) is 9.42. The normalized spacial score (nSPS) is 20.3. The SMILES string of the molecule is C=CC(c1ccc(C(F)(F)F)cc1)S(=O)(=O)N1CCN(C(=O)c2ccc(C)nc2)CC1(C)C(=O)O. The van der Waals surface area contributed by atoms with Crippen molar-refractivity contribution < 1.29 is 36.3 Å². The molecule has 0 spiro atoms. The number of halogens is 3. The maximum absolute atomic E-state index is 13.6. The fourth-order valence-corrected chi connectivity index (χ4v) is 6.00. The molecule has 1 aliphatic heterocycles. The van der Waals surface area contributed by atoms with Crippen LogP contribution < -0.4 is 0 Å². The van der Waals surface area contributed by atoms with Gasteiger partial charge in [-0.05, 0) is 43.7 Å². The van der Waals surface area contributed by atoms with Crippen molar-refractivity contribution in [1.82, 2.24) is 14.2 Å². The lowest BCUT2D eigenvalue weighted by atomic mass is 9.98.